The van der Waals surface area contributed by atoms with E-state index in [-0.39, 0.29) is 19.4 Å². The van der Waals surface area contributed by atoms with Crippen molar-refractivity contribution >= 4 is 20.2 Å². The number of hydrogen-bond acceptors (Lipinski definition) is 10. The Hall–Kier alpha value is -3.00. The molecule has 1 atom stereocenters. The first-order valence-corrected chi connectivity index (χ1v) is 21.8. The average Bonchev–Trinajstić information content (AvgIpc) is 3.12. The predicted molar refractivity (Wildman–Crippen MR) is 204 cm³/mol. The van der Waals surface area contributed by atoms with Crippen LogP contribution in [0.4, 0.5) is 0 Å². The summed E-state index contributed by atoms with van der Waals surface area (Å²) < 4.78 is 85.6. The molecule has 0 aliphatic rings. The summed E-state index contributed by atoms with van der Waals surface area (Å²) in [5.41, 5.74) is 1.68. The minimum atomic E-state index is -4.32. The van der Waals surface area contributed by atoms with Gasteiger partial charge in [-0.1, -0.05) is 106 Å². The van der Waals surface area contributed by atoms with Crippen molar-refractivity contribution in [3.8, 4) is 11.5 Å². The lowest BCUT2D eigenvalue weighted by Gasteiger charge is -2.37. The first-order chi connectivity index (χ1) is 25.0. The number of hydrogen-bond donors (Lipinski definition) is 0. The van der Waals surface area contributed by atoms with Crippen molar-refractivity contribution in [2.45, 2.75) is 89.6 Å². The molecule has 0 bridgehead atoms. The highest BCUT2D eigenvalue weighted by molar-refractivity contribution is 7.85. The highest BCUT2D eigenvalue weighted by atomic mass is 32.2. The van der Waals surface area contributed by atoms with E-state index in [4.69, 9.17) is 14.2 Å². The van der Waals surface area contributed by atoms with E-state index >= 15 is 0 Å². The Morgan fingerprint density at radius 2 is 1.04 bits per heavy atom. The third kappa shape index (κ3) is 15.9. The fraction of sp³-hybridized carbons (Fsp3) is 0.550. The molecule has 0 radical (unpaired) electrons. The van der Waals surface area contributed by atoms with Crippen molar-refractivity contribution < 1.29 is 40.2 Å². The first kappa shape index (κ1) is 43.4. The molecule has 3 aromatic carbocycles. The van der Waals surface area contributed by atoms with Gasteiger partial charge in [-0.25, -0.2) is 16.8 Å². The summed E-state index contributed by atoms with van der Waals surface area (Å²) in [6.45, 7) is 4.56. The van der Waals surface area contributed by atoms with Crippen LogP contribution in [0.15, 0.2) is 78.9 Å². The molecule has 52 heavy (non-hydrogen) atoms. The molecule has 3 aromatic rings. The Bertz CT molecular complexity index is 1580. The SMILES string of the molecule is CCCCCCCCCCOc1ccc(C(OCCN(CCCCS(=O)(=O)[O-])CCCCS(=O)(=O)[O-])(c2ccccc2)c2ccc(OC)cc2)cc1. The maximum atomic E-state index is 11.2. The smallest absolute Gasteiger partial charge is 0.143 e. The lowest BCUT2D eigenvalue weighted by atomic mass is 9.80. The summed E-state index contributed by atoms with van der Waals surface area (Å²) in [7, 11) is -7.02. The fourth-order valence-electron chi connectivity index (χ4n) is 6.35. The molecule has 0 saturated carbocycles. The number of ether oxygens (including phenoxy) is 3. The van der Waals surface area contributed by atoms with Crippen LogP contribution in [0.2, 0.25) is 0 Å². The highest BCUT2D eigenvalue weighted by Gasteiger charge is 2.38. The maximum absolute atomic E-state index is 11.2. The molecule has 0 aromatic heterocycles. The van der Waals surface area contributed by atoms with Gasteiger partial charge >= 0.3 is 0 Å². The summed E-state index contributed by atoms with van der Waals surface area (Å²) >= 11 is 0. The van der Waals surface area contributed by atoms with Crippen LogP contribution in [0.3, 0.4) is 0 Å². The lowest BCUT2D eigenvalue weighted by molar-refractivity contribution is 0.000641. The van der Waals surface area contributed by atoms with Crippen molar-refractivity contribution in [1.82, 2.24) is 4.90 Å². The highest BCUT2D eigenvalue weighted by Crippen LogP contribution is 2.41. The van der Waals surface area contributed by atoms with Crippen LogP contribution in [-0.4, -0.2) is 82.3 Å². The van der Waals surface area contributed by atoms with Gasteiger partial charge in [0.15, 0.2) is 0 Å². The zero-order valence-corrected chi connectivity index (χ0v) is 32.5. The van der Waals surface area contributed by atoms with E-state index in [0.29, 0.717) is 44.8 Å². The van der Waals surface area contributed by atoms with Crippen LogP contribution in [0.1, 0.15) is 101 Å². The van der Waals surface area contributed by atoms with E-state index in [9.17, 15) is 25.9 Å². The summed E-state index contributed by atoms with van der Waals surface area (Å²) in [6.07, 6.45) is 11.2. The van der Waals surface area contributed by atoms with Crippen molar-refractivity contribution in [2.75, 3.05) is 51.5 Å². The summed E-state index contributed by atoms with van der Waals surface area (Å²) in [4.78, 5) is 2.06. The molecule has 0 heterocycles. The molecule has 3 rings (SSSR count). The van der Waals surface area contributed by atoms with Crippen molar-refractivity contribution in [1.29, 1.82) is 0 Å². The number of benzene rings is 3. The van der Waals surface area contributed by atoms with E-state index < -0.39 is 37.3 Å². The zero-order chi connectivity index (χ0) is 37.7. The van der Waals surface area contributed by atoms with Gasteiger partial charge in [-0.2, -0.15) is 0 Å². The average molecular weight is 760 g/mol. The summed E-state index contributed by atoms with van der Waals surface area (Å²) in [6, 6.07) is 25.8. The van der Waals surface area contributed by atoms with E-state index in [1.165, 1.54) is 38.5 Å². The monoisotopic (exact) mass is 759 g/mol. The molecule has 0 N–H and O–H groups in total. The van der Waals surface area contributed by atoms with E-state index in [2.05, 4.69) is 11.8 Å². The normalized spacial score (nSPS) is 13.2. The van der Waals surface area contributed by atoms with Gasteiger partial charge in [0.1, 0.15) is 17.1 Å². The predicted octanol–water partition coefficient (Wildman–Crippen LogP) is 7.48. The Kier molecular flexibility index (Phi) is 19.1. The van der Waals surface area contributed by atoms with Crippen molar-refractivity contribution in [2.24, 2.45) is 0 Å². The van der Waals surface area contributed by atoms with Crippen LogP contribution in [0.25, 0.3) is 0 Å². The van der Waals surface area contributed by atoms with Crippen LogP contribution < -0.4 is 9.47 Å². The maximum Gasteiger partial charge on any atom is 0.143 e. The van der Waals surface area contributed by atoms with E-state index in [1.807, 2.05) is 78.9 Å². The number of unbranched alkanes of at least 4 members (excludes halogenated alkanes) is 9. The van der Waals surface area contributed by atoms with E-state index in [0.717, 1.165) is 35.3 Å². The van der Waals surface area contributed by atoms with Gasteiger partial charge in [0.05, 0.1) is 40.6 Å². The molecular formula is C40H57NO9S2-2. The molecule has 10 nitrogen and oxygen atoms in total. The second-order valence-corrected chi connectivity index (χ2v) is 16.3. The van der Waals surface area contributed by atoms with Crippen molar-refractivity contribution in [3.63, 3.8) is 0 Å². The molecule has 0 aliphatic heterocycles. The number of methoxy groups -OCH3 is 1. The molecule has 290 valence electrons. The minimum Gasteiger partial charge on any atom is -0.748 e. The molecule has 1 unspecified atom stereocenters. The van der Waals surface area contributed by atoms with Crippen LogP contribution >= 0.6 is 0 Å². The summed E-state index contributed by atoms with van der Waals surface area (Å²) in [5.74, 6) is 0.606. The van der Waals surface area contributed by atoms with Crippen LogP contribution in [0, 0.1) is 0 Å². The molecule has 0 spiro atoms. The quantitative estimate of drug-likeness (QED) is 0.0415. The van der Waals surface area contributed by atoms with Gasteiger partial charge in [-0.05, 0) is 86.1 Å². The molecule has 0 aliphatic carbocycles. The largest absolute Gasteiger partial charge is 0.748 e. The molecular weight excluding hydrogens is 703 g/mol. The zero-order valence-electron chi connectivity index (χ0n) is 30.9. The van der Waals surface area contributed by atoms with Crippen LogP contribution in [0.5, 0.6) is 11.5 Å². The van der Waals surface area contributed by atoms with Gasteiger partial charge in [0.2, 0.25) is 0 Å². The Balaban J connectivity index is 1.81. The molecule has 12 heteroatoms. The van der Waals surface area contributed by atoms with Crippen LogP contribution in [-0.2, 0) is 30.6 Å². The summed E-state index contributed by atoms with van der Waals surface area (Å²) in [5, 5.41) is 0. The minimum absolute atomic E-state index is 0.214. The lowest BCUT2D eigenvalue weighted by Crippen LogP contribution is -2.37. The van der Waals surface area contributed by atoms with Gasteiger partial charge in [0, 0.05) is 18.1 Å². The Morgan fingerprint density at radius 3 is 1.54 bits per heavy atom. The molecule has 0 amide bonds. The second kappa shape index (κ2) is 22.9. The second-order valence-electron chi connectivity index (χ2n) is 13.3. The van der Waals surface area contributed by atoms with Gasteiger partial charge in [0.25, 0.3) is 0 Å². The number of nitrogens with zero attached hydrogens (tertiary/aromatic N) is 1. The number of rotatable bonds is 28. The first-order valence-electron chi connectivity index (χ1n) is 18.6. The Morgan fingerprint density at radius 1 is 0.558 bits per heavy atom. The van der Waals surface area contributed by atoms with Crippen molar-refractivity contribution in [3.05, 3.63) is 95.6 Å². The van der Waals surface area contributed by atoms with Gasteiger partial charge in [-0.15, -0.1) is 0 Å². The molecule has 0 fully saturated rings. The molecule has 0 saturated heterocycles. The topological polar surface area (TPSA) is 145 Å². The standard InChI is InChI=1S/C40H59NO9S2/c1-3-4-5-6-7-8-9-15-31-49-39-26-22-37(23-27-39)40(35-18-11-10-12-19-35,36-20-24-38(48-2)25-21-36)50-32-30-41(28-13-16-33-51(42,43)44)29-14-17-34-52(45,46)47/h10-12,18-27H,3-9,13-17,28-34H2,1-2H3,(H,42,43,44)(H,45,46,47)/p-2. The van der Waals surface area contributed by atoms with Gasteiger partial charge < -0.3 is 28.2 Å². The third-order valence-corrected chi connectivity index (χ3v) is 10.7. The van der Waals surface area contributed by atoms with Gasteiger partial charge in [-0.3, -0.25) is 0 Å². The third-order valence-electron chi connectivity index (χ3n) is 9.17. The fourth-order valence-corrected chi connectivity index (χ4v) is 7.47. The Labute approximate surface area is 312 Å². The van der Waals surface area contributed by atoms with E-state index in [1.54, 1.807) is 7.11 Å².